The topological polar surface area (TPSA) is 317 Å². The van der Waals surface area contributed by atoms with Gasteiger partial charge in [-0.25, -0.2) is 4.79 Å². The van der Waals surface area contributed by atoms with Gasteiger partial charge in [-0.15, -0.1) is 11.6 Å². The summed E-state index contributed by atoms with van der Waals surface area (Å²) in [6.07, 6.45) is -3.61. The number of cyclic esters (lactones) is 1. The van der Waals surface area contributed by atoms with Gasteiger partial charge in [-0.3, -0.25) is 38.4 Å². The summed E-state index contributed by atoms with van der Waals surface area (Å²) in [5.74, 6) is -11.8. The summed E-state index contributed by atoms with van der Waals surface area (Å²) in [5, 5.41) is 48.3. The quantitative estimate of drug-likeness (QED) is 0.110. The van der Waals surface area contributed by atoms with Crippen LogP contribution in [-0.2, 0) is 59.0 Å². The standard InChI is InChI=1S/C51H70ClN7O15/c1-10-27(4)39-46(66)58-42-33-16-18-34(19-17-33)74-31(8)51(71,25-52)21-20-37(61)53-23-38(62)72-24-35(50(70)73-30(7)41(48(68)55-39)57-44(64)28(5)43(63)26(2)3)54-47(67)40(29(6)60)56-45(65)36(59(9)49(42)69)22-32-14-12-11-13-15-32/h11-21,26-31,35-36,39-43,60,63,71H,10,22-25H2,1-9H3,(H,53,61)(H,54,67)(H,55,68)(H,56,65)(H,57,64)(H,58,66)/b21-20+/t27-,28+,29+,30+,31+,35-,36-,39+,40+,41-,42-,43+,51+/m1/s1. The van der Waals surface area contributed by atoms with Crippen LogP contribution in [0.1, 0.15) is 79.0 Å². The number of benzene rings is 2. The molecule has 9 N–H and O–H groups in total. The lowest BCUT2D eigenvalue weighted by Gasteiger charge is -2.34. The molecule has 0 saturated carbocycles. The van der Waals surface area contributed by atoms with Crippen molar-refractivity contribution in [2.75, 3.05) is 26.1 Å². The first-order valence-electron chi connectivity index (χ1n) is 24.4. The number of carbonyl (C=O) groups is 9. The van der Waals surface area contributed by atoms with E-state index in [-0.39, 0.29) is 24.2 Å². The molecule has 74 heavy (non-hydrogen) atoms. The zero-order chi connectivity index (χ0) is 55.2. The molecule has 5 rings (SSSR count). The minimum atomic E-state index is -1.98. The fraction of sp³-hybridized carbons (Fsp3) is 0.549. The number of rotatable bonds is 10. The number of hydrogen-bond donors (Lipinski definition) is 9. The Labute approximate surface area is 435 Å². The van der Waals surface area contributed by atoms with Crippen molar-refractivity contribution in [3.63, 3.8) is 0 Å². The third-order valence-corrected chi connectivity index (χ3v) is 13.6. The van der Waals surface area contributed by atoms with Gasteiger partial charge in [-0.2, -0.15) is 0 Å². The summed E-state index contributed by atoms with van der Waals surface area (Å²) in [7, 11) is 1.29. The number of amides is 7. The summed E-state index contributed by atoms with van der Waals surface area (Å²) < 4.78 is 17.0. The number of fused-ring (bicyclic) bond motifs is 11. The number of nitrogens with zero attached hydrogens (tertiary/aromatic N) is 1. The third kappa shape index (κ3) is 15.9. The summed E-state index contributed by atoms with van der Waals surface area (Å²) >= 11 is 6.17. The fourth-order valence-electron chi connectivity index (χ4n) is 7.90. The van der Waals surface area contributed by atoms with Crippen LogP contribution in [0.2, 0.25) is 0 Å². The van der Waals surface area contributed by atoms with E-state index in [1.54, 1.807) is 58.0 Å². The minimum Gasteiger partial charge on any atom is -0.487 e. The molecule has 3 heterocycles. The lowest BCUT2D eigenvalue weighted by atomic mass is 9.93. The first-order chi connectivity index (χ1) is 34.8. The molecule has 0 spiro atoms. The van der Waals surface area contributed by atoms with Crippen molar-refractivity contribution in [2.45, 2.75) is 134 Å². The molecule has 0 unspecified atom stereocenters. The molecule has 0 radical (unpaired) electrons. The zero-order valence-corrected chi connectivity index (χ0v) is 43.7. The largest absolute Gasteiger partial charge is 0.487 e. The van der Waals surface area contributed by atoms with Gasteiger partial charge in [0.15, 0.2) is 6.04 Å². The molecule has 13 atom stereocenters. The van der Waals surface area contributed by atoms with E-state index in [4.69, 9.17) is 25.8 Å². The number of halogens is 1. The van der Waals surface area contributed by atoms with E-state index in [9.17, 15) is 53.7 Å². The minimum absolute atomic E-state index is 0.133. The van der Waals surface area contributed by atoms with Gasteiger partial charge in [0.2, 0.25) is 41.4 Å². The second kappa shape index (κ2) is 27.1. The number of hydrogen-bond acceptors (Lipinski definition) is 15. The Balaban J connectivity index is 2.03. The Morgan fingerprint density at radius 2 is 1.46 bits per heavy atom. The van der Waals surface area contributed by atoms with Crippen LogP contribution in [-0.4, -0.2) is 160 Å². The normalized spacial score (nSPS) is 28.5. The molecule has 22 nitrogen and oxygen atoms in total. The molecule has 1 fully saturated rings. The maximum Gasteiger partial charge on any atom is 0.332 e. The van der Waals surface area contributed by atoms with Crippen molar-refractivity contribution in [3.05, 3.63) is 77.9 Å². The second-order valence-corrected chi connectivity index (χ2v) is 19.4. The Morgan fingerprint density at radius 1 is 0.838 bits per heavy atom. The lowest BCUT2D eigenvalue weighted by molar-refractivity contribution is -0.160. The first kappa shape index (κ1) is 59.9. The second-order valence-electron chi connectivity index (χ2n) is 19.1. The SMILES string of the molecule is CC[C@@H](C)[C@@H]1NC(=O)[C@H](NC(=O)[C@@H](C)[C@@H](O)C(C)C)[C@H](C)OC(=O)[C@H]2COC(=O)CNC(=O)/C=C/[C@](O)(CCl)[C@H](C)Oc3ccc(cc3)[C@@H](NC1=O)C(=O)N(C)[C@H](Cc1ccccc1)C(=O)N[C@@H]([C@H](C)O)C(=O)N2. The highest BCUT2D eigenvalue weighted by molar-refractivity contribution is 6.18. The number of aliphatic hydroxyl groups is 3. The van der Waals surface area contributed by atoms with Crippen LogP contribution in [0.3, 0.4) is 0 Å². The molecule has 3 aliphatic heterocycles. The maximum absolute atomic E-state index is 15.2. The van der Waals surface area contributed by atoms with Crippen LogP contribution in [0.25, 0.3) is 0 Å². The molecular formula is C51H70ClN7O15. The van der Waals surface area contributed by atoms with Crippen LogP contribution < -0.4 is 36.6 Å². The number of esters is 2. The van der Waals surface area contributed by atoms with Crippen molar-refractivity contribution >= 4 is 64.9 Å². The average molecular weight is 1060 g/mol. The van der Waals surface area contributed by atoms with Crippen LogP contribution in [0.15, 0.2) is 66.7 Å². The number of nitrogens with one attached hydrogen (secondary N) is 6. The van der Waals surface area contributed by atoms with Crippen molar-refractivity contribution < 1.29 is 72.7 Å². The summed E-state index contributed by atoms with van der Waals surface area (Å²) in [5.41, 5.74) is -1.28. The molecule has 4 bridgehead atoms. The van der Waals surface area contributed by atoms with Gasteiger partial charge in [0.05, 0.1) is 24.0 Å². The molecular weight excluding hydrogens is 986 g/mol. The molecule has 0 aromatic heterocycles. The van der Waals surface area contributed by atoms with E-state index in [0.717, 1.165) is 24.0 Å². The monoisotopic (exact) mass is 1060 g/mol. The van der Waals surface area contributed by atoms with Crippen LogP contribution >= 0.6 is 11.6 Å². The summed E-state index contributed by atoms with van der Waals surface area (Å²) in [6, 6.07) is 4.00. The van der Waals surface area contributed by atoms with Gasteiger partial charge >= 0.3 is 11.9 Å². The molecule has 3 aliphatic rings. The zero-order valence-electron chi connectivity index (χ0n) is 43.0. The number of alkyl halides is 1. The van der Waals surface area contributed by atoms with Crippen LogP contribution in [0.5, 0.6) is 5.75 Å². The van der Waals surface area contributed by atoms with Gasteiger partial charge in [-0.05, 0) is 61.9 Å². The maximum atomic E-state index is 15.2. The Bertz CT molecular complexity index is 2360. The van der Waals surface area contributed by atoms with Gasteiger partial charge in [0, 0.05) is 19.5 Å². The predicted molar refractivity (Wildman–Crippen MR) is 267 cm³/mol. The first-order valence-corrected chi connectivity index (χ1v) is 24.9. The molecule has 1 saturated heterocycles. The molecule has 2 aromatic rings. The molecule has 406 valence electrons. The summed E-state index contributed by atoms with van der Waals surface area (Å²) in [6.45, 7) is 10.2. The summed E-state index contributed by atoms with van der Waals surface area (Å²) in [4.78, 5) is 128. The van der Waals surface area contributed by atoms with Gasteiger partial charge < -0.3 is 66.3 Å². The van der Waals surface area contributed by atoms with E-state index in [1.807, 2.05) is 0 Å². The average Bonchev–Trinajstić information content (AvgIpc) is 3.37. The number of aliphatic hydroxyl groups excluding tert-OH is 2. The van der Waals surface area contributed by atoms with E-state index in [2.05, 4.69) is 31.9 Å². The smallest absolute Gasteiger partial charge is 0.332 e. The highest BCUT2D eigenvalue weighted by Crippen LogP contribution is 2.26. The number of carbonyl (C=O) groups excluding carboxylic acids is 9. The molecule has 23 heteroatoms. The van der Waals surface area contributed by atoms with Gasteiger partial charge in [0.1, 0.15) is 66.9 Å². The van der Waals surface area contributed by atoms with E-state index < -0.39 is 156 Å². The van der Waals surface area contributed by atoms with E-state index >= 15 is 4.79 Å². The fourth-order valence-corrected chi connectivity index (χ4v) is 8.20. The van der Waals surface area contributed by atoms with Crippen molar-refractivity contribution in [3.8, 4) is 5.75 Å². The van der Waals surface area contributed by atoms with Crippen LogP contribution in [0, 0.1) is 17.8 Å². The Kier molecular flexibility index (Phi) is 21.9. The van der Waals surface area contributed by atoms with Crippen molar-refractivity contribution in [1.82, 2.24) is 36.8 Å². The van der Waals surface area contributed by atoms with E-state index in [0.29, 0.717) is 5.56 Å². The van der Waals surface area contributed by atoms with Gasteiger partial charge in [0.25, 0.3) is 0 Å². The van der Waals surface area contributed by atoms with Crippen LogP contribution in [0.4, 0.5) is 0 Å². The molecule has 7 amide bonds. The Morgan fingerprint density at radius 3 is 2.05 bits per heavy atom. The highest BCUT2D eigenvalue weighted by atomic mass is 35.5. The predicted octanol–water partition coefficient (Wildman–Crippen LogP) is -0.156. The number of ether oxygens (including phenoxy) is 3. The van der Waals surface area contributed by atoms with Gasteiger partial charge in [-0.1, -0.05) is 83.5 Å². The lowest BCUT2D eigenvalue weighted by Crippen LogP contribution is -2.61. The molecule has 0 aliphatic carbocycles. The molecule has 2 aromatic carbocycles. The third-order valence-electron chi connectivity index (χ3n) is 13.1. The highest BCUT2D eigenvalue weighted by Gasteiger charge is 2.42. The number of likely N-dealkylation sites (N-methyl/N-ethyl adjacent to an activating group) is 1. The Hall–Kier alpha value is -6.62. The van der Waals surface area contributed by atoms with Crippen molar-refractivity contribution in [1.29, 1.82) is 0 Å². The van der Waals surface area contributed by atoms with Crippen molar-refractivity contribution in [2.24, 2.45) is 17.8 Å². The van der Waals surface area contributed by atoms with E-state index in [1.165, 1.54) is 52.1 Å².